The molecule has 1 amide bonds. The molecule has 2 N–H and O–H groups in total. The van der Waals surface area contributed by atoms with E-state index in [1.807, 2.05) is 0 Å². The molecule has 2 saturated carbocycles. The highest BCUT2D eigenvalue weighted by Crippen LogP contribution is 2.38. The van der Waals surface area contributed by atoms with Gasteiger partial charge in [-0.1, -0.05) is 0 Å². The predicted molar refractivity (Wildman–Crippen MR) is 87.5 cm³/mol. The van der Waals surface area contributed by atoms with Gasteiger partial charge in [0.15, 0.2) is 5.65 Å². The molecule has 2 aliphatic rings. The summed E-state index contributed by atoms with van der Waals surface area (Å²) in [6.07, 6.45) is 0.0329. The number of aliphatic hydroxyl groups is 1. The maximum atomic E-state index is 13.0. The minimum Gasteiger partial charge on any atom is -0.389 e. The van der Waals surface area contributed by atoms with Crippen LogP contribution in [0.15, 0.2) is 12.1 Å². The third-order valence-corrected chi connectivity index (χ3v) is 5.29. The first-order chi connectivity index (χ1) is 12.3. The summed E-state index contributed by atoms with van der Waals surface area (Å²) in [7, 11) is 0. The van der Waals surface area contributed by atoms with Gasteiger partial charge in [0.2, 0.25) is 11.9 Å². The number of anilines is 1. The van der Waals surface area contributed by atoms with E-state index in [1.165, 1.54) is 6.07 Å². The molecule has 9 heteroatoms. The van der Waals surface area contributed by atoms with E-state index >= 15 is 0 Å². The molecule has 2 fully saturated rings. The fraction of sp³-hybridized carbons (Fsp3) is 0.588. The molecule has 2 heterocycles. The maximum absolute atomic E-state index is 13.0. The van der Waals surface area contributed by atoms with Gasteiger partial charge in [-0.15, -0.1) is 0 Å². The van der Waals surface area contributed by atoms with Gasteiger partial charge >= 0.3 is 6.18 Å². The number of nitrogens with one attached hydrogen (secondary N) is 1. The molecule has 0 aliphatic heterocycles. The topological polar surface area (TPSA) is 80.0 Å². The summed E-state index contributed by atoms with van der Waals surface area (Å²) in [4.78, 5) is 20.3. The van der Waals surface area contributed by atoms with Crippen LogP contribution in [0.1, 0.15) is 56.7 Å². The number of aromatic nitrogens is 3. The van der Waals surface area contributed by atoms with Gasteiger partial charge in [0.05, 0.1) is 12.0 Å². The van der Waals surface area contributed by atoms with Crippen molar-refractivity contribution in [2.24, 2.45) is 0 Å². The van der Waals surface area contributed by atoms with Crippen molar-refractivity contribution < 1.29 is 23.1 Å². The van der Waals surface area contributed by atoms with Crippen molar-refractivity contribution in [1.29, 1.82) is 0 Å². The molecule has 0 unspecified atom stereocenters. The third-order valence-electron chi connectivity index (χ3n) is 5.29. The summed E-state index contributed by atoms with van der Waals surface area (Å²) < 4.78 is 40.6. The van der Waals surface area contributed by atoms with Crippen molar-refractivity contribution in [1.82, 2.24) is 14.5 Å². The van der Waals surface area contributed by atoms with Crippen LogP contribution in [0.5, 0.6) is 0 Å². The predicted octanol–water partition coefficient (Wildman–Crippen LogP) is 3.42. The Morgan fingerprint density at radius 3 is 2.54 bits per heavy atom. The Balaban J connectivity index is 1.68. The van der Waals surface area contributed by atoms with E-state index < -0.39 is 17.5 Å². The van der Waals surface area contributed by atoms with Crippen LogP contribution in [-0.2, 0) is 11.0 Å². The number of carbonyl (C=O) groups is 1. The smallest absolute Gasteiger partial charge is 0.389 e. The van der Waals surface area contributed by atoms with E-state index in [1.54, 1.807) is 4.57 Å². The lowest BCUT2D eigenvalue weighted by Gasteiger charge is -2.36. The van der Waals surface area contributed by atoms with Crippen LogP contribution >= 0.6 is 0 Å². The van der Waals surface area contributed by atoms with Gasteiger partial charge < -0.3 is 5.11 Å². The van der Waals surface area contributed by atoms with Crippen molar-refractivity contribution in [3.63, 3.8) is 0 Å². The molecule has 0 radical (unpaired) electrons. The molecule has 0 aromatic carbocycles. The van der Waals surface area contributed by atoms with Crippen molar-refractivity contribution in [3.8, 4) is 0 Å². The standard InChI is InChI=1S/C17H19F3N4O2/c18-17(19,20)12-6-5-11-14(22-12)24(10-3-1-4-10)15(21-11)23-13(25)9-16(26)7-2-8-16/h5-6,10,26H,1-4,7-9H2,(H,21,23,25). The zero-order valence-electron chi connectivity index (χ0n) is 14.0. The summed E-state index contributed by atoms with van der Waals surface area (Å²) in [6.45, 7) is 0. The van der Waals surface area contributed by atoms with E-state index in [2.05, 4.69) is 15.3 Å². The van der Waals surface area contributed by atoms with Crippen LogP contribution < -0.4 is 5.32 Å². The number of halogens is 3. The zero-order valence-corrected chi connectivity index (χ0v) is 14.0. The van der Waals surface area contributed by atoms with E-state index in [9.17, 15) is 23.1 Å². The lowest BCUT2D eigenvalue weighted by atomic mass is 9.78. The summed E-state index contributed by atoms with van der Waals surface area (Å²) >= 11 is 0. The minimum absolute atomic E-state index is 0.0296. The average Bonchev–Trinajstić information content (AvgIpc) is 2.80. The molecule has 4 rings (SSSR count). The Morgan fingerprint density at radius 1 is 1.27 bits per heavy atom. The largest absolute Gasteiger partial charge is 0.433 e. The van der Waals surface area contributed by atoms with E-state index in [4.69, 9.17) is 0 Å². The summed E-state index contributed by atoms with van der Waals surface area (Å²) in [6, 6.07) is 2.14. The molecule has 2 aromatic heterocycles. The molecular weight excluding hydrogens is 349 g/mol. The lowest BCUT2D eigenvalue weighted by molar-refractivity contribution is -0.141. The van der Waals surface area contributed by atoms with Gasteiger partial charge in [-0.3, -0.25) is 14.7 Å². The normalized spacial score (nSPS) is 19.8. The Kier molecular flexibility index (Phi) is 3.94. The highest BCUT2D eigenvalue weighted by atomic mass is 19.4. The van der Waals surface area contributed by atoms with E-state index in [0.29, 0.717) is 18.4 Å². The number of hydrogen-bond donors (Lipinski definition) is 2. The Hall–Kier alpha value is -2.16. The van der Waals surface area contributed by atoms with Crippen LogP contribution in [0.25, 0.3) is 11.2 Å². The molecule has 140 valence electrons. The van der Waals surface area contributed by atoms with Crippen LogP contribution in [0, 0.1) is 0 Å². The van der Waals surface area contributed by atoms with Crippen molar-refractivity contribution >= 4 is 23.0 Å². The second kappa shape index (κ2) is 5.94. The first-order valence-electron chi connectivity index (χ1n) is 8.74. The summed E-state index contributed by atoms with van der Waals surface area (Å²) in [5.41, 5.74) is -1.52. The number of alkyl halides is 3. The molecule has 0 bridgehead atoms. The van der Waals surface area contributed by atoms with Crippen LogP contribution in [0.4, 0.5) is 19.1 Å². The monoisotopic (exact) mass is 368 g/mol. The zero-order chi connectivity index (χ0) is 18.5. The van der Waals surface area contributed by atoms with Crippen molar-refractivity contribution in [2.75, 3.05) is 5.32 Å². The number of nitrogens with zero attached hydrogens (tertiary/aromatic N) is 3. The average molecular weight is 368 g/mol. The fourth-order valence-corrected chi connectivity index (χ4v) is 3.44. The Bertz CT molecular complexity index is 854. The second-order valence-corrected chi connectivity index (χ2v) is 7.23. The van der Waals surface area contributed by atoms with Gasteiger partial charge in [-0.05, 0) is 50.7 Å². The van der Waals surface area contributed by atoms with Gasteiger partial charge in [-0.2, -0.15) is 13.2 Å². The SMILES string of the molecule is O=C(CC1(O)CCC1)Nc1nc2ccc(C(F)(F)F)nc2n1C1CCC1. The third kappa shape index (κ3) is 3.04. The first kappa shape index (κ1) is 17.3. The van der Waals surface area contributed by atoms with Gasteiger partial charge in [0.25, 0.3) is 0 Å². The van der Waals surface area contributed by atoms with E-state index in [-0.39, 0.29) is 30.0 Å². The van der Waals surface area contributed by atoms with Gasteiger partial charge in [0.1, 0.15) is 11.2 Å². The Morgan fingerprint density at radius 2 is 2.00 bits per heavy atom. The van der Waals surface area contributed by atoms with E-state index in [0.717, 1.165) is 31.7 Å². The quantitative estimate of drug-likeness (QED) is 0.867. The summed E-state index contributed by atoms with van der Waals surface area (Å²) in [5.74, 6) is -0.191. The molecule has 0 spiro atoms. The fourth-order valence-electron chi connectivity index (χ4n) is 3.44. The molecular formula is C17H19F3N4O2. The maximum Gasteiger partial charge on any atom is 0.433 e. The molecule has 2 aromatic rings. The van der Waals surface area contributed by atoms with Gasteiger partial charge in [-0.25, -0.2) is 9.97 Å². The number of fused-ring (bicyclic) bond motifs is 1. The number of amides is 1. The second-order valence-electron chi connectivity index (χ2n) is 7.23. The molecule has 0 atom stereocenters. The van der Waals surface area contributed by atoms with Crippen molar-refractivity contribution in [3.05, 3.63) is 17.8 Å². The lowest BCUT2D eigenvalue weighted by Crippen LogP contribution is -2.40. The first-order valence-corrected chi connectivity index (χ1v) is 8.74. The molecule has 0 saturated heterocycles. The number of carbonyl (C=O) groups excluding carboxylic acids is 1. The minimum atomic E-state index is -4.54. The molecule has 2 aliphatic carbocycles. The molecule has 6 nitrogen and oxygen atoms in total. The highest BCUT2D eigenvalue weighted by molar-refractivity contribution is 5.91. The number of imidazole rings is 1. The summed E-state index contributed by atoms with van der Waals surface area (Å²) in [5, 5.41) is 12.8. The Labute approximate surface area is 147 Å². The number of pyridine rings is 1. The number of hydrogen-bond acceptors (Lipinski definition) is 4. The van der Waals surface area contributed by atoms with Crippen LogP contribution in [0.3, 0.4) is 0 Å². The van der Waals surface area contributed by atoms with Gasteiger partial charge in [0, 0.05) is 6.04 Å². The van der Waals surface area contributed by atoms with Crippen LogP contribution in [-0.4, -0.2) is 31.1 Å². The van der Waals surface area contributed by atoms with Crippen molar-refractivity contribution in [2.45, 2.75) is 62.8 Å². The number of rotatable bonds is 4. The molecule has 26 heavy (non-hydrogen) atoms. The highest BCUT2D eigenvalue weighted by Gasteiger charge is 2.37. The van der Waals surface area contributed by atoms with Crippen LogP contribution in [0.2, 0.25) is 0 Å².